The van der Waals surface area contributed by atoms with Crippen molar-refractivity contribution in [2.45, 2.75) is 32.2 Å². The summed E-state index contributed by atoms with van der Waals surface area (Å²) in [6, 6.07) is 0.751. The lowest BCUT2D eigenvalue weighted by molar-refractivity contribution is 0.269. The molecule has 1 aliphatic rings. The Morgan fingerprint density at radius 1 is 1.55 bits per heavy atom. The zero-order chi connectivity index (χ0) is 8.27. The molecule has 11 heavy (non-hydrogen) atoms. The quantitative estimate of drug-likeness (QED) is 0.543. The molecule has 1 rings (SSSR count). The fraction of sp³-hybridized carbons (Fsp3) is 0.800. The largest absolute Gasteiger partial charge is 0.292 e. The Labute approximate surface area is 69.8 Å². The molecule has 0 bridgehead atoms. The van der Waals surface area contributed by atoms with Crippen LogP contribution in [0, 0.1) is 18.3 Å². The van der Waals surface area contributed by atoms with Crippen molar-refractivity contribution >= 4 is 0 Å². The topological polar surface area (TPSA) is 3.24 Å². The monoisotopic (exact) mass is 151 g/mol. The maximum atomic E-state index is 5.24. The van der Waals surface area contributed by atoms with Crippen molar-refractivity contribution < 1.29 is 0 Å². The van der Waals surface area contributed by atoms with Crippen LogP contribution in [0.1, 0.15) is 26.2 Å². The number of hydrogen-bond acceptors (Lipinski definition) is 1. The van der Waals surface area contributed by atoms with Crippen LogP contribution >= 0.6 is 0 Å². The molecule has 1 fully saturated rings. The Morgan fingerprint density at radius 2 is 2.27 bits per heavy atom. The normalized spacial score (nSPS) is 30.7. The zero-order valence-electron chi connectivity index (χ0n) is 7.51. The fourth-order valence-electron chi connectivity index (χ4n) is 1.85. The van der Waals surface area contributed by atoms with E-state index in [1.165, 1.54) is 19.3 Å². The van der Waals surface area contributed by atoms with Crippen molar-refractivity contribution in [2.75, 3.05) is 13.6 Å². The molecule has 0 amide bonds. The van der Waals surface area contributed by atoms with E-state index in [4.69, 9.17) is 6.42 Å². The second kappa shape index (κ2) is 3.78. The van der Waals surface area contributed by atoms with Crippen LogP contribution in [0.3, 0.4) is 0 Å². The van der Waals surface area contributed by atoms with Gasteiger partial charge in [0.25, 0.3) is 0 Å². The lowest BCUT2D eigenvalue weighted by Crippen LogP contribution is -2.29. The highest BCUT2D eigenvalue weighted by molar-refractivity contribution is 4.90. The van der Waals surface area contributed by atoms with Gasteiger partial charge in [-0.3, -0.25) is 4.90 Å². The van der Waals surface area contributed by atoms with Crippen LogP contribution in [0.2, 0.25) is 0 Å². The molecule has 0 heterocycles. The van der Waals surface area contributed by atoms with Gasteiger partial charge < -0.3 is 0 Å². The summed E-state index contributed by atoms with van der Waals surface area (Å²) in [5.41, 5.74) is 0. The Bertz CT molecular complexity index is 157. The van der Waals surface area contributed by atoms with Crippen molar-refractivity contribution in [1.29, 1.82) is 0 Å². The number of terminal acetylenes is 1. The van der Waals surface area contributed by atoms with Gasteiger partial charge in [0, 0.05) is 6.04 Å². The summed E-state index contributed by atoms with van der Waals surface area (Å²) in [6.07, 6.45) is 9.28. The molecule has 0 aromatic carbocycles. The van der Waals surface area contributed by atoms with Gasteiger partial charge in [0.2, 0.25) is 0 Å². The summed E-state index contributed by atoms with van der Waals surface area (Å²) in [5.74, 6) is 3.59. The molecule has 0 aliphatic heterocycles. The summed E-state index contributed by atoms with van der Waals surface area (Å²) in [4.78, 5) is 2.30. The fourth-order valence-corrected chi connectivity index (χ4v) is 1.85. The zero-order valence-corrected chi connectivity index (χ0v) is 7.51. The Hall–Kier alpha value is -0.480. The first-order valence-corrected chi connectivity index (χ1v) is 4.37. The summed E-state index contributed by atoms with van der Waals surface area (Å²) in [7, 11) is 2.13. The van der Waals surface area contributed by atoms with Crippen molar-refractivity contribution in [1.82, 2.24) is 4.90 Å². The average Bonchev–Trinajstić information content (AvgIpc) is 2.36. The molecule has 1 heteroatoms. The van der Waals surface area contributed by atoms with Gasteiger partial charge in [-0.15, -0.1) is 6.42 Å². The minimum Gasteiger partial charge on any atom is -0.292 e. The van der Waals surface area contributed by atoms with Crippen molar-refractivity contribution in [3.05, 3.63) is 0 Å². The van der Waals surface area contributed by atoms with Crippen molar-refractivity contribution in [3.8, 4) is 12.3 Å². The first-order valence-electron chi connectivity index (χ1n) is 4.37. The van der Waals surface area contributed by atoms with E-state index in [1.54, 1.807) is 0 Å². The van der Waals surface area contributed by atoms with E-state index in [1.807, 2.05) is 0 Å². The van der Waals surface area contributed by atoms with Crippen molar-refractivity contribution in [2.24, 2.45) is 5.92 Å². The van der Waals surface area contributed by atoms with Crippen LogP contribution in [0.5, 0.6) is 0 Å². The van der Waals surface area contributed by atoms with E-state index in [9.17, 15) is 0 Å². The molecule has 0 aromatic heterocycles. The molecule has 0 spiro atoms. The molecule has 1 saturated carbocycles. The number of rotatable bonds is 2. The minimum atomic E-state index is 0.751. The standard InChI is InChI=1S/C10H17N/c1-4-7-11(3)10-6-5-9(2)8-10/h1,9-10H,5-8H2,2-3H3. The van der Waals surface area contributed by atoms with Crippen LogP contribution in [-0.2, 0) is 0 Å². The predicted molar refractivity (Wildman–Crippen MR) is 48.3 cm³/mol. The Morgan fingerprint density at radius 3 is 2.73 bits per heavy atom. The third-order valence-corrected chi connectivity index (χ3v) is 2.63. The third kappa shape index (κ3) is 2.24. The first-order chi connectivity index (χ1) is 5.24. The first kappa shape index (κ1) is 8.62. The summed E-state index contributed by atoms with van der Waals surface area (Å²) >= 11 is 0. The SMILES string of the molecule is C#CCN(C)C1CCC(C)C1. The van der Waals surface area contributed by atoms with E-state index >= 15 is 0 Å². The Kier molecular flexibility index (Phi) is 2.96. The maximum Gasteiger partial charge on any atom is 0.0598 e. The van der Waals surface area contributed by atoms with Crippen molar-refractivity contribution in [3.63, 3.8) is 0 Å². The van der Waals surface area contributed by atoms with Crippen LogP contribution in [0.15, 0.2) is 0 Å². The van der Waals surface area contributed by atoms with Crippen LogP contribution in [0.4, 0.5) is 0 Å². The van der Waals surface area contributed by atoms with E-state index in [2.05, 4.69) is 24.8 Å². The van der Waals surface area contributed by atoms with Gasteiger partial charge in [-0.1, -0.05) is 12.8 Å². The van der Waals surface area contributed by atoms with Crippen LogP contribution in [-0.4, -0.2) is 24.5 Å². The molecule has 0 saturated heterocycles. The number of hydrogen-bond donors (Lipinski definition) is 0. The van der Waals surface area contributed by atoms with E-state index in [0.717, 1.165) is 18.5 Å². The van der Waals surface area contributed by atoms with Gasteiger partial charge in [-0.2, -0.15) is 0 Å². The maximum absolute atomic E-state index is 5.24. The molecular formula is C10H17N. The van der Waals surface area contributed by atoms with E-state index < -0.39 is 0 Å². The van der Waals surface area contributed by atoms with Gasteiger partial charge in [0.15, 0.2) is 0 Å². The van der Waals surface area contributed by atoms with E-state index in [0.29, 0.717) is 0 Å². The third-order valence-electron chi connectivity index (χ3n) is 2.63. The van der Waals surface area contributed by atoms with E-state index in [-0.39, 0.29) is 0 Å². The van der Waals surface area contributed by atoms with Crippen LogP contribution in [0.25, 0.3) is 0 Å². The Balaban J connectivity index is 2.32. The lowest BCUT2D eigenvalue weighted by Gasteiger charge is -2.21. The van der Waals surface area contributed by atoms with Gasteiger partial charge in [-0.25, -0.2) is 0 Å². The molecule has 0 aromatic rings. The highest BCUT2D eigenvalue weighted by Crippen LogP contribution is 2.27. The molecule has 0 N–H and O–H groups in total. The minimum absolute atomic E-state index is 0.751. The highest BCUT2D eigenvalue weighted by Gasteiger charge is 2.23. The molecule has 2 atom stereocenters. The summed E-state index contributed by atoms with van der Waals surface area (Å²) in [5, 5.41) is 0. The van der Waals surface area contributed by atoms with Gasteiger partial charge in [0.05, 0.1) is 6.54 Å². The second-order valence-electron chi connectivity index (χ2n) is 3.69. The van der Waals surface area contributed by atoms with Gasteiger partial charge >= 0.3 is 0 Å². The average molecular weight is 151 g/mol. The molecule has 0 radical (unpaired) electrons. The number of nitrogens with zero attached hydrogens (tertiary/aromatic N) is 1. The molecular weight excluding hydrogens is 134 g/mol. The lowest BCUT2D eigenvalue weighted by atomic mass is 10.1. The molecule has 62 valence electrons. The molecule has 1 nitrogen and oxygen atoms in total. The summed E-state index contributed by atoms with van der Waals surface area (Å²) in [6.45, 7) is 3.13. The predicted octanol–water partition coefficient (Wildman–Crippen LogP) is 1.74. The van der Waals surface area contributed by atoms with Crippen LogP contribution < -0.4 is 0 Å². The highest BCUT2D eigenvalue weighted by atomic mass is 15.1. The summed E-state index contributed by atoms with van der Waals surface area (Å²) < 4.78 is 0. The smallest absolute Gasteiger partial charge is 0.0598 e. The second-order valence-corrected chi connectivity index (χ2v) is 3.69. The van der Waals surface area contributed by atoms with Gasteiger partial charge in [-0.05, 0) is 32.2 Å². The molecule has 1 aliphatic carbocycles. The van der Waals surface area contributed by atoms with Gasteiger partial charge in [0.1, 0.15) is 0 Å². The molecule has 2 unspecified atom stereocenters.